The van der Waals surface area contributed by atoms with Crippen molar-refractivity contribution in [2.75, 3.05) is 6.54 Å². The molecular formula is C13H18F2N2OS. The van der Waals surface area contributed by atoms with Crippen LogP contribution in [0.3, 0.4) is 0 Å². The lowest BCUT2D eigenvalue weighted by atomic mass is 10.1. The molecule has 2 atom stereocenters. The number of hydrogen-bond acceptors (Lipinski definition) is 3. The molecule has 6 heteroatoms. The number of alkyl halides is 2. The topological polar surface area (TPSA) is 32.3 Å². The second kappa shape index (κ2) is 6.43. The second-order valence-corrected chi connectivity index (χ2v) is 5.48. The van der Waals surface area contributed by atoms with Crippen molar-refractivity contribution >= 4 is 17.2 Å². The Morgan fingerprint density at radius 3 is 2.89 bits per heavy atom. The van der Waals surface area contributed by atoms with Gasteiger partial charge in [-0.05, 0) is 28.8 Å². The molecule has 3 nitrogen and oxygen atoms in total. The summed E-state index contributed by atoms with van der Waals surface area (Å²) in [4.78, 5) is 13.5. The summed E-state index contributed by atoms with van der Waals surface area (Å²) in [5, 5.41) is 6.97. The molecule has 1 saturated heterocycles. The van der Waals surface area contributed by atoms with Crippen LogP contribution in [0, 0.1) is 0 Å². The number of unbranched alkanes of at least 4 members (excludes halogenated alkanes) is 1. The number of halogens is 2. The van der Waals surface area contributed by atoms with Gasteiger partial charge in [-0.3, -0.25) is 10.1 Å². The van der Waals surface area contributed by atoms with Gasteiger partial charge in [0.25, 0.3) is 6.43 Å². The maximum Gasteiger partial charge on any atom is 0.255 e. The summed E-state index contributed by atoms with van der Waals surface area (Å²) in [6.07, 6.45) is -0.298. The number of carbonyl (C=O) groups is 1. The predicted molar refractivity (Wildman–Crippen MR) is 71.2 cm³/mol. The largest absolute Gasteiger partial charge is 0.316 e. The van der Waals surface area contributed by atoms with Crippen molar-refractivity contribution in [2.24, 2.45) is 0 Å². The highest BCUT2D eigenvalue weighted by Gasteiger charge is 2.40. The molecule has 0 aromatic carbocycles. The van der Waals surface area contributed by atoms with Gasteiger partial charge in [0.15, 0.2) is 0 Å². The first kappa shape index (κ1) is 14.4. The summed E-state index contributed by atoms with van der Waals surface area (Å²) < 4.78 is 25.3. The molecule has 0 saturated carbocycles. The first-order valence-corrected chi connectivity index (χ1v) is 7.44. The van der Waals surface area contributed by atoms with Crippen LogP contribution in [0.2, 0.25) is 0 Å². The molecule has 1 amide bonds. The van der Waals surface area contributed by atoms with E-state index in [1.165, 1.54) is 16.2 Å². The van der Waals surface area contributed by atoms with Crippen LogP contribution in [0.25, 0.3) is 0 Å². The third kappa shape index (κ3) is 3.30. The number of amides is 1. The Bertz CT molecular complexity index is 411. The third-order valence-electron chi connectivity index (χ3n) is 3.29. The fourth-order valence-electron chi connectivity index (χ4n) is 2.35. The Kier molecular flexibility index (Phi) is 4.87. The maximum absolute atomic E-state index is 12.6. The number of hydrogen-bond donors (Lipinski definition) is 1. The van der Waals surface area contributed by atoms with Crippen LogP contribution in [0.5, 0.6) is 0 Å². The van der Waals surface area contributed by atoms with E-state index in [4.69, 9.17) is 0 Å². The van der Waals surface area contributed by atoms with E-state index >= 15 is 0 Å². The van der Waals surface area contributed by atoms with E-state index < -0.39 is 19.1 Å². The monoisotopic (exact) mass is 288 g/mol. The second-order valence-electron chi connectivity index (χ2n) is 4.70. The molecule has 0 aliphatic carbocycles. The molecule has 19 heavy (non-hydrogen) atoms. The molecule has 0 radical (unpaired) electrons. The minimum atomic E-state index is -2.50. The van der Waals surface area contributed by atoms with Crippen molar-refractivity contribution in [3.8, 4) is 0 Å². The zero-order chi connectivity index (χ0) is 13.8. The quantitative estimate of drug-likeness (QED) is 0.872. The molecule has 1 N–H and O–H groups in total. The number of carbonyl (C=O) groups excluding carboxylic acids is 1. The number of nitrogens with one attached hydrogen (secondary N) is 1. The van der Waals surface area contributed by atoms with E-state index in [9.17, 15) is 13.6 Å². The lowest BCUT2D eigenvalue weighted by molar-refractivity contribution is -0.132. The molecule has 2 unspecified atom stereocenters. The highest BCUT2D eigenvalue weighted by atomic mass is 32.1. The lowest BCUT2D eigenvalue weighted by Crippen LogP contribution is -2.34. The summed E-state index contributed by atoms with van der Waals surface area (Å²) in [5.41, 5.74) is 0.887. The smallest absolute Gasteiger partial charge is 0.255 e. The van der Waals surface area contributed by atoms with Crippen LogP contribution in [-0.2, 0) is 4.79 Å². The zero-order valence-electron chi connectivity index (χ0n) is 10.8. The minimum absolute atomic E-state index is 0.204. The summed E-state index contributed by atoms with van der Waals surface area (Å²) in [6, 6.07) is 1.54. The molecule has 0 bridgehead atoms. The van der Waals surface area contributed by atoms with Gasteiger partial charge in [-0.25, -0.2) is 8.78 Å². The van der Waals surface area contributed by atoms with Crippen LogP contribution in [0.1, 0.15) is 37.9 Å². The number of thiophene rings is 1. The van der Waals surface area contributed by atoms with Crippen LogP contribution < -0.4 is 5.32 Å². The SMILES string of the molecule is CCCCC1NC(c2ccsc2)N(CC(F)F)C1=O. The van der Waals surface area contributed by atoms with Gasteiger partial charge in [-0.2, -0.15) is 11.3 Å². The van der Waals surface area contributed by atoms with Gasteiger partial charge in [0.05, 0.1) is 12.6 Å². The van der Waals surface area contributed by atoms with E-state index in [1.54, 1.807) is 0 Å². The molecule has 1 fully saturated rings. The van der Waals surface area contributed by atoms with Gasteiger partial charge in [0, 0.05) is 0 Å². The van der Waals surface area contributed by atoms with E-state index in [1.807, 2.05) is 23.8 Å². The Morgan fingerprint density at radius 1 is 1.53 bits per heavy atom. The van der Waals surface area contributed by atoms with Gasteiger partial charge in [0.2, 0.25) is 5.91 Å². The standard InChI is InChI=1S/C13H18F2N2OS/c1-2-3-4-10-13(18)17(7-11(14)15)12(16-10)9-5-6-19-8-9/h5-6,8,10-12,16H,2-4,7H2,1H3. The molecule has 1 aliphatic rings. The fraction of sp³-hybridized carbons (Fsp3) is 0.615. The third-order valence-corrected chi connectivity index (χ3v) is 3.99. The molecular weight excluding hydrogens is 270 g/mol. The zero-order valence-corrected chi connectivity index (χ0v) is 11.6. The van der Waals surface area contributed by atoms with E-state index in [2.05, 4.69) is 5.32 Å². The maximum atomic E-state index is 12.6. The number of rotatable bonds is 6. The van der Waals surface area contributed by atoms with Crippen molar-refractivity contribution < 1.29 is 13.6 Å². The first-order chi connectivity index (χ1) is 9.13. The Balaban J connectivity index is 2.13. The van der Waals surface area contributed by atoms with Gasteiger partial charge < -0.3 is 4.90 Å². The van der Waals surface area contributed by atoms with E-state index in [0.29, 0.717) is 6.42 Å². The summed E-state index contributed by atoms with van der Waals surface area (Å²) in [5.74, 6) is -0.204. The van der Waals surface area contributed by atoms with Gasteiger partial charge in [-0.15, -0.1) is 0 Å². The van der Waals surface area contributed by atoms with Gasteiger partial charge in [0.1, 0.15) is 6.17 Å². The van der Waals surface area contributed by atoms with E-state index in [0.717, 1.165) is 18.4 Å². The van der Waals surface area contributed by atoms with Gasteiger partial charge in [-0.1, -0.05) is 19.8 Å². The molecule has 1 aliphatic heterocycles. The van der Waals surface area contributed by atoms with Crippen LogP contribution in [-0.4, -0.2) is 29.8 Å². The summed E-state index contributed by atoms with van der Waals surface area (Å²) >= 11 is 1.50. The van der Waals surface area contributed by atoms with Crippen LogP contribution in [0.4, 0.5) is 8.78 Å². The van der Waals surface area contributed by atoms with Crippen molar-refractivity contribution in [1.82, 2.24) is 10.2 Å². The average Bonchev–Trinajstić information content (AvgIpc) is 2.97. The highest BCUT2D eigenvalue weighted by molar-refractivity contribution is 7.07. The Labute approximate surface area is 115 Å². The minimum Gasteiger partial charge on any atom is -0.316 e. The van der Waals surface area contributed by atoms with Crippen LogP contribution >= 0.6 is 11.3 Å². The van der Waals surface area contributed by atoms with E-state index in [-0.39, 0.29) is 11.9 Å². The Morgan fingerprint density at radius 2 is 2.32 bits per heavy atom. The molecule has 1 aromatic heterocycles. The van der Waals surface area contributed by atoms with Crippen molar-refractivity contribution in [1.29, 1.82) is 0 Å². The first-order valence-electron chi connectivity index (χ1n) is 6.50. The normalized spacial score (nSPS) is 23.6. The van der Waals surface area contributed by atoms with Crippen molar-refractivity contribution in [3.05, 3.63) is 22.4 Å². The lowest BCUT2D eigenvalue weighted by Gasteiger charge is -2.23. The molecule has 0 spiro atoms. The van der Waals surface area contributed by atoms with Gasteiger partial charge >= 0.3 is 0 Å². The van der Waals surface area contributed by atoms with Crippen molar-refractivity contribution in [3.63, 3.8) is 0 Å². The summed E-state index contributed by atoms with van der Waals surface area (Å²) in [7, 11) is 0. The molecule has 2 rings (SSSR count). The average molecular weight is 288 g/mol. The predicted octanol–water partition coefficient (Wildman–Crippen LogP) is 3.00. The highest BCUT2D eigenvalue weighted by Crippen LogP contribution is 2.29. The number of nitrogens with zero attached hydrogens (tertiary/aromatic N) is 1. The molecule has 1 aromatic rings. The Hall–Kier alpha value is -1.01. The molecule has 2 heterocycles. The molecule has 106 valence electrons. The van der Waals surface area contributed by atoms with Crippen LogP contribution in [0.15, 0.2) is 16.8 Å². The van der Waals surface area contributed by atoms with Crippen molar-refractivity contribution in [2.45, 2.75) is 44.8 Å². The fourth-order valence-corrected chi connectivity index (χ4v) is 3.02. The summed E-state index contributed by atoms with van der Waals surface area (Å²) in [6.45, 7) is 1.54.